The van der Waals surface area contributed by atoms with Crippen molar-refractivity contribution >= 4 is 47.6 Å². The van der Waals surface area contributed by atoms with E-state index in [-0.39, 0.29) is 36.4 Å². The number of hydrogen-bond donors (Lipinski definition) is 2. The van der Waals surface area contributed by atoms with E-state index in [4.69, 9.17) is 0 Å². The maximum Gasteiger partial charge on any atom is 0.241 e. The van der Waals surface area contributed by atoms with Crippen molar-refractivity contribution in [3.8, 4) is 0 Å². The number of hydrogen-bond acceptors (Lipinski definition) is 4. The van der Waals surface area contributed by atoms with E-state index >= 15 is 0 Å². The lowest BCUT2D eigenvalue weighted by molar-refractivity contribution is -0.127. The predicted octanol–water partition coefficient (Wildman–Crippen LogP) is 2.57. The molecule has 9 heteroatoms. The highest BCUT2D eigenvalue weighted by molar-refractivity contribution is 14.0. The molecular formula is C20H31IN6OS. The summed E-state index contributed by atoms with van der Waals surface area (Å²) in [5, 5.41) is 10.9. The number of thioether (sulfide) groups is 1. The Morgan fingerprint density at radius 2 is 1.90 bits per heavy atom. The summed E-state index contributed by atoms with van der Waals surface area (Å²) >= 11 is 1.78. The number of carbonyl (C=O) groups is 1. The van der Waals surface area contributed by atoms with E-state index in [1.165, 1.54) is 4.90 Å². The second-order valence-electron chi connectivity index (χ2n) is 6.67. The van der Waals surface area contributed by atoms with Gasteiger partial charge in [-0.3, -0.25) is 9.48 Å². The molecule has 1 aromatic carbocycles. The average Bonchev–Trinajstić information content (AvgIpc) is 2.92. The van der Waals surface area contributed by atoms with Crippen molar-refractivity contribution in [2.24, 2.45) is 12.0 Å². The van der Waals surface area contributed by atoms with Gasteiger partial charge in [0.25, 0.3) is 0 Å². The molecule has 0 fully saturated rings. The first-order chi connectivity index (χ1) is 13.4. The van der Waals surface area contributed by atoms with Crippen LogP contribution >= 0.6 is 35.7 Å². The van der Waals surface area contributed by atoms with Crippen molar-refractivity contribution in [2.75, 3.05) is 32.9 Å². The molecule has 7 nitrogen and oxygen atoms in total. The molecule has 0 bridgehead atoms. The lowest BCUT2D eigenvalue weighted by Gasteiger charge is -2.15. The van der Waals surface area contributed by atoms with Crippen LogP contribution in [0.25, 0.3) is 0 Å². The molecule has 0 aliphatic heterocycles. The number of nitrogens with one attached hydrogen (secondary N) is 2. The molecule has 0 radical (unpaired) electrons. The van der Waals surface area contributed by atoms with E-state index < -0.39 is 0 Å². The van der Waals surface area contributed by atoms with Gasteiger partial charge in [-0.2, -0.15) is 5.10 Å². The first-order valence-electron chi connectivity index (χ1n) is 9.27. The molecule has 0 aliphatic rings. The first-order valence-corrected chi connectivity index (χ1v) is 10.3. The molecule has 2 aromatic rings. The number of rotatable bonds is 8. The van der Waals surface area contributed by atoms with Gasteiger partial charge in [0.2, 0.25) is 5.91 Å². The summed E-state index contributed by atoms with van der Waals surface area (Å²) in [5.41, 5.74) is 3.19. The van der Waals surface area contributed by atoms with E-state index in [0.717, 1.165) is 29.2 Å². The predicted molar refractivity (Wildman–Crippen MR) is 131 cm³/mol. The molecule has 1 heterocycles. The highest BCUT2D eigenvalue weighted by Crippen LogP contribution is 2.16. The summed E-state index contributed by atoms with van der Waals surface area (Å²) in [4.78, 5) is 19.4. The molecule has 1 aromatic heterocycles. The largest absolute Gasteiger partial charge is 0.356 e. The monoisotopic (exact) mass is 530 g/mol. The average molecular weight is 530 g/mol. The lowest BCUT2D eigenvalue weighted by Crippen LogP contribution is -2.43. The zero-order valence-electron chi connectivity index (χ0n) is 17.7. The summed E-state index contributed by atoms with van der Waals surface area (Å²) in [6, 6.07) is 10.3. The van der Waals surface area contributed by atoms with Crippen LogP contribution in [0.4, 0.5) is 0 Å². The Hall–Kier alpha value is -1.75. The third-order valence-corrected chi connectivity index (χ3v) is 5.38. The summed E-state index contributed by atoms with van der Waals surface area (Å²) in [5.74, 6) is 1.53. The molecule has 29 heavy (non-hydrogen) atoms. The highest BCUT2D eigenvalue weighted by atomic mass is 127. The molecule has 160 valence electrons. The Kier molecular flexibility index (Phi) is 11.1. The maximum absolute atomic E-state index is 11.9. The Balaban J connectivity index is 0.00000420. The minimum absolute atomic E-state index is 0. The van der Waals surface area contributed by atoms with Gasteiger partial charge >= 0.3 is 0 Å². The molecule has 2 rings (SSSR count). The van der Waals surface area contributed by atoms with Gasteiger partial charge in [0, 0.05) is 49.6 Å². The summed E-state index contributed by atoms with van der Waals surface area (Å²) < 4.78 is 1.87. The Bertz CT molecular complexity index is 807. The number of carbonyl (C=O) groups excluding carboxylic acids is 1. The number of likely N-dealkylation sites (N-methyl/N-ethyl adjacent to an activating group) is 1. The van der Waals surface area contributed by atoms with Crippen LogP contribution in [-0.2, 0) is 18.4 Å². The number of aryl methyl sites for hydroxylation is 2. The minimum Gasteiger partial charge on any atom is -0.356 e. The Morgan fingerprint density at radius 1 is 1.21 bits per heavy atom. The zero-order valence-corrected chi connectivity index (χ0v) is 20.9. The topological polar surface area (TPSA) is 74.5 Å². The van der Waals surface area contributed by atoms with Crippen LogP contribution < -0.4 is 10.6 Å². The fourth-order valence-corrected chi connectivity index (χ4v) is 3.34. The van der Waals surface area contributed by atoms with E-state index in [9.17, 15) is 4.79 Å². The number of guanidine groups is 1. The third-order valence-electron chi connectivity index (χ3n) is 4.37. The van der Waals surface area contributed by atoms with E-state index in [1.54, 1.807) is 30.8 Å². The summed E-state index contributed by atoms with van der Waals surface area (Å²) in [6.45, 7) is 5.49. The van der Waals surface area contributed by atoms with Crippen molar-refractivity contribution in [3.63, 3.8) is 0 Å². The maximum atomic E-state index is 11.9. The van der Waals surface area contributed by atoms with Crippen LogP contribution in [0, 0.1) is 13.8 Å². The van der Waals surface area contributed by atoms with Crippen LogP contribution in [-0.4, -0.2) is 59.5 Å². The smallest absolute Gasteiger partial charge is 0.241 e. The van der Waals surface area contributed by atoms with Crippen LogP contribution in [0.3, 0.4) is 0 Å². The van der Waals surface area contributed by atoms with Gasteiger partial charge in [-0.25, -0.2) is 4.99 Å². The molecule has 0 unspecified atom stereocenters. The van der Waals surface area contributed by atoms with Gasteiger partial charge in [-0.15, -0.1) is 35.7 Å². The molecule has 0 aliphatic carbocycles. The Labute approximate surface area is 194 Å². The van der Waals surface area contributed by atoms with E-state index in [2.05, 4.69) is 32.9 Å². The molecule has 0 spiro atoms. The standard InChI is InChI=1S/C20H30N6OS.HI/c1-15-18(16(2)26(5)24-15)13-22-20(23-14-19(27)25(3)4)21-11-12-28-17-9-7-6-8-10-17;/h6-10H,11-14H2,1-5H3,(H2,21,22,23);1H. The van der Waals surface area contributed by atoms with Crippen LogP contribution in [0.2, 0.25) is 0 Å². The van der Waals surface area contributed by atoms with Crippen molar-refractivity contribution in [1.82, 2.24) is 25.3 Å². The van der Waals surface area contributed by atoms with Crippen LogP contribution in [0.5, 0.6) is 0 Å². The van der Waals surface area contributed by atoms with Crippen molar-refractivity contribution in [3.05, 3.63) is 47.3 Å². The van der Waals surface area contributed by atoms with Gasteiger partial charge < -0.3 is 15.5 Å². The van der Waals surface area contributed by atoms with Crippen LogP contribution in [0.1, 0.15) is 17.0 Å². The number of aliphatic imine (C=N–C) groups is 1. The number of nitrogens with zero attached hydrogens (tertiary/aromatic N) is 4. The minimum atomic E-state index is 0. The van der Waals surface area contributed by atoms with Gasteiger partial charge in [-0.1, -0.05) is 18.2 Å². The van der Waals surface area contributed by atoms with E-state index in [1.807, 2.05) is 43.8 Å². The summed E-state index contributed by atoms with van der Waals surface area (Å²) in [6.07, 6.45) is 0. The Morgan fingerprint density at radius 3 is 2.48 bits per heavy atom. The lowest BCUT2D eigenvalue weighted by atomic mass is 10.2. The van der Waals surface area contributed by atoms with Crippen molar-refractivity contribution < 1.29 is 4.79 Å². The normalized spacial score (nSPS) is 11.0. The van der Waals surface area contributed by atoms with Gasteiger partial charge in [-0.05, 0) is 26.0 Å². The second kappa shape index (κ2) is 12.7. The van der Waals surface area contributed by atoms with Crippen molar-refractivity contribution in [1.29, 1.82) is 0 Å². The third kappa shape index (κ3) is 8.25. The van der Waals surface area contributed by atoms with Crippen molar-refractivity contribution in [2.45, 2.75) is 25.3 Å². The van der Waals surface area contributed by atoms with Gasteiger partial charge in [0.1, 0.15) is 0 Å². The number of benzene rings is 1. The van der Waals surface area contributed by atoms with Gasteiger partial charge in [0.05, 0.1) is 18.8 Å². The number of halogens is 1. The second-order valence-corrected chi connectivity index (χ2v) is 7.84. The molecule has 0 saturated carbocycles. The number of amides is 1. The molecular weight excluding hydrogens is 499 g/mol. The fourth-order valence-electron chi connectivity index (χ4n) is 2.55. The summed E-state index contributed by atoms with van der Waals surface area (Å²) in [7, 11) is 5.42. The van der Waals surface area contributed by atoms with Gasteiger partial charge in [0.15, 0.2) is 5.96 Å². The SMILES string of the molecule is Cc1nn(C)c(C)c1CN=C(NCCSc1ccccc1)NCC(=O)N(C)C.I. The molecule has 2 N–H and O–H groups in total. The van der Waals surface area contributed by atoms with E-state index in [0.29, 0.717) is 12.5 Å². The molecule has 0 atom stereocenters. The molecule has 1 amide bonds. The number of aromatic nitrogens is 2. The fraction of sp³-hybridized carbons (Fsp3) is 0.450. The highest BCUT2D eigenvalue weighted by Gasteiger charge is 2.10. The first kappa shape index (κ1) is 25.3. The quantitative estimate of drug-likeness (QED) is 0.181. The zero-order chi connectivity index (χ0) is 20.5. The van der Waals surface area contributed by atoms with Crippen LogP contribution in [0.15, 0.2) is 40.2 Å². The molecule has 0 saturated heterocycles.